The van der Waals surface area contributed by atoms with Gasteiger partial charge in [0.25, 0.3) is 0 Å². The summed E-state index contributed by atoms with van der Waals surface area (Å²) in [4.78, 5) is 13.5. The molecule has 2 aromatic carbocycles. The zero-order valence-corrected chi connectivity index (χ0v) is 15.2. The van der Waals surface area contributed by atoms with Gasteiger partial charge in [-0.25, -0.2) is 0 Å². The van der Waals surface area contributed by atoms with Gasteiger partial charge in [0, 0.05) is 17.1 Å². The van der Waals surface area contributed by atoms with Crippen molar-refractivity contribution in [1.82, 2.24) is 5.32 Å². The van der Waals surface area contributed by atoms with E-state index in [2.05, 4.69) is 17.6 Å². The van der Waals surface area contributed by atoms with Crippen molar-refractivity contribution in [1.29, 1.82) is 0 Å². The average Bonchev–Trinajstić information content (AvgIpc) is 2.61. The van der Waals surface area contributed by atoms with Crippen LogP contribution in [0.2, 0.25) is 0 Å². The van der Waals surface area contributed by atoms with Crippen LogP contribution in [0.1, 0.15) is 19.4 Å². The second kappa shape index (κ2) is 9.35. The maximum absolute atomic E-state index is 12.5. The standard InChI is InChI=1S/C19H24N2O2S/c1-4-20-13-15-7-5-6-8-18(15)21-19(22)14(2)24-17-11-9-16(23-3)10-12-17/h5-12,14,20H,4,13H2,1-3H3,(H,21,22). The lowest BCUT2D eigenvalue weighted by Crippen LogP contribution is -2.24. The molecule has 0 bridgehead atoms. The van der Waals surface area contributed by atoms with Crippen molar-refractivity contribution >= 4 is 23.4 Å². The number of para-hydroxylation sites is 1. The number of nitrogens with one attached hydrogen (secondary N) is 2. The molecule has 0 spiro atoms. The number of methoxy groups -OCH3 is 1. The molecule has 0 fully saturated rings. The molecule has 2 N–H and O–H groups in total. The molecule has 4 nitrogen and oxygen atoms in total. The molecule has 1 unspecified atom stereocenters. The topological polar surface area (TPSA) is 50.4 Å². The van der Waals surface area contributed by atoms with Crippen molar-refractivity contribution in [3.63, 3.8) is 0 Å². The molecule has 0 saturated heterocycles. The van der Waals surface area contributed by atoms with Crippen LogP contribution in [0.4, 0.5) is 5.69 Å². The number of thioether (sulfide) groups is 1. The lowest BCUT2D eigenvalue weighted by Gasteiger charge is -2.15. The second-order valence-corrected chi connectivity index (χ2v) is 6.78. The fourth-order valence-electron chi connectivity index (χ4n) is 2.20. The molecule has 0 aliphatic heterocycles. The van der Waals surface area contributed by atoms with Gasteiger partial charge >= 0.3 is 0 Å². The van der Waals surface area contributed by atoms with Gasteiger partial charge in [-0.3, -0.25) is 4.79 Å². The predicted molar refractivity (Wildman–Crippen MR) is 101 cm³/mol. The van der Waals surface area contributed by atoms with Crippen LogP contribution in [-0.2, 0) is 11.3 Å². The van der Waals surface area contributed by atoms with Crippen molar-refractivity contribution in [2.45, 2.75) is 30.5 Å². The molecular weight excluding hydrogens is 320 g/mol. The number of benzene rings is 2. The Bertz CT molecular complexity index is 659. The van der Waals surface area contributed by atoms with Crippen LogP contribution < -0.4 is 15.4 Å². The molecule has 1 atom stereocenters. The number of hydrogen-bond donors (Lipinski definition) is 2. The number of ether oxygens (including phenoxy) is 1. The molecule has 1 amide bonds. The summed E-state index contributed by atoms with van der Waals surface area (Å²) in [5.74, 6) is 0.813. The van der Waals surface area contributed by atoms with Crippen molar-refractivity contribution in [3.8, 4) is 5.75 Å². The number of anilines is 1. The van der Waals surface area contributed by atoms with E-state index in [9.17, 15) is 4.79 Å². The zero-order valence-electron chi connectivity index (χ0n) is 14.3. The average molecular weight is 344 g/mol. The number of amides is 1. The van der Waals surface area contributed by atoms with Crippen LogP contribution in [0.25, 0.3) is 0 Å². The first-order valence-corrected chi connectivity index (χ1v) is 8.92. The lowest BCUT2D eigenvalue weighted by atomic mass is 10.1. The van der Waals surface area contributed by atoms with Crippen molar-refractivity contribution in [2.24, 2.45) is 0 Å². The summed E-state index contributed by atoms with van der Waals surface area (Å²) in [6.07, 6.45) is 0. The van der Waals surface area contributed by atoms with Crippen molar-refractivity contribution < 1.29 is 9.53 Å². The van der Waals surface area contributed by atoms with Crippen LogP contribution >= 0.6 is 11.8 Å². The highest BCUT2D eigenvalue weighted by Gasteiger charge is 2.15. The predicted octanol–water partition coefficient (Wildman–Crippen LogP) is 3.92. The van der Waals surface area contributed by atoms with E-state index in [1.165, 1.54) is 11.8 Å². The largest absolute Gasteiger partial charge is 0.497 e. The second-order valence-electron chi connectivity index (χ2n) is 5.36. The monoisotopic (exact) mass is 344 g/mol. The molecule has 0 radical (unpaired) electrons. The molecular formula is C19H24N2O2S. The molecule has 5 heteroatoms. The van der Waals surface area contributed by atoms with Gasteiger partial charge in [0.05, 0.1) is 12.4 Å². The van der Waals surface area contributed by atoms with Gasteiger partial charge in [-0.1, -0.05) is 25.1 Å². The first-order valence-electron chi connectivity index (χ1n) is 8.04. The summed E-state index contributed by atoms with van der Waals surface area (Å²) >= 11 is 1.53. The normalized spacial score (nSPS) is 11.8. The van der Waals surface area contributed by atoms with E-state index in [-0.39, 0.29) is 11.2 Å². The minimum absolute atomic E-state index is 0.000216. The summed E-state index contributed by atoms with van der Waals surface area (Å²) in [7, 11) is 1.64. The summed E-state index contributed by atoms with van der Waals surface area (Å²) in [6, 6.07) is 15.6. The minimum Gasteiger partial charge on any atom is -0.497 e. The third kappa shape index (κ3) is 5.28. The Morgan fingerprint density at radius 2 is 1.88 bits per heavy atom. The van der Waals surface area contributed by atoms with Gasteiger partial charge < -0.3 is 15.4 Å². The molecule has 2 rings (SSSR count). The van der Waals surface area contributed by atoms with E-state index in [1.807, 2.05) is 55.5 Å². The fourth-order valence-corrected chi connectivity index (χ4v) is 3.07. The Morgan fingerprint density at radius 1 is 1.17 bits per heavy atom. The lowest BCUT2D eigenvalue weighted by molar-refractivity contribution is -0.115. The van der Waals surface area contributed by atoms with Crippen LogP contribution in [0.5, 0.6) is 5.75 Å². The van der Waals surface area contributed by atoms with Gasteiger partial charge in [0.2, 0.25) is 5.91 Å². The number of hydrogen-bond acceptors (Lipinski definition) is 4. The first kappa shape index (κ1) is 18.4. The molecule has 0 aliphatic carbocycles. The number of rotatable bonds is 8. The van der Waals surface area contributed by atoms with Crippen LogP contribution in [0, 0.1) is 0 Å². The molecule has 0 heterocycles. The molecule has 0 saturated carbocycles. The summed E-state index contributed by atoms with van der Waals surface area (Å²) in [5.41, 5.74) is 1.96. The Morgan fingerprint density at radius 3 is 2.54 bits per heavy atom. The van der Waals surface area contributed by atoms with Gasteiger partial charge in [0.15, 0.2) is 0 Å². The van der Waals surface area contributed by atoms with Crippen LogP contribution in [0.15, 0.2) is 53.4 Å². The summed E-state index contributed by atoms with van der Waals surface area (Å²) in [5, 5.41) is 6.14. The van der Waals surface area contributed by atoms with Gasteiger partial charge in [-0.15, -0.1) is 11.8 Å². The Hall–Kier alpha value is -1.98. The van der Waals surface area contributed by atoms with E-state index in [0.717, 1.165) is 35.0 Å². The van der Waals surface area contributed by atoms with Gasteiger partial charge in [0.1, 0.15) is 5.75 Å². The maximum atomic E-state index is 12.5. The quantitative estimate of drug-likeness (QED) is 0.713. The smallest absolute Gasteiger partial charge is 0.237 e. The number of carbonyl (C=O) groups excluding carboxylic acids is 1. The molecule has 0 aromatic heterocycles. The summed E-state index contributed by atoms with van der Waals surface area (Å²) in [6.45, 7) is 5.62. The van der Waals surface area contributed by atoms with E-state index < -0.39 is 0 Å². The van der Waals surface area contributed by atoms with E-state index in [1.54, 1.807) is 7.11 Å². The third-order valence-corrected chi connectivity index (χ3v) is 4.69. The molecule has 24 heavy (non-hydrogen) atoms. The number of carbonyl (C=O) groups is 1. The van der Waals surface area contributed by atoms with E-state index in [0.29, 0.717) is 0 Å². The Labute approximate surface area is 148 Å². The summed E-state index contributed by atoms with van der Waals surface area (Å²) < 4.78 is 5.15. The molecule has 2 aromatic rings. The first-order chi connectivity index (χ1) is 11.6. The zero-order chi connectivity index (χ0) is 17.4. The maximum Gasteiger partial charge on any atom is 0.237 e. The van der Waals surface area contributed by atoms with Crippen LogP contribution in [-0.4, -0.2) is 24.8 Å². The Kier molecular flexibility index (Phi) is 7.15. The third-order valence-electron chi connectivity index (χ3n) is 3.58. The van der Waals surface area contributed by atoms with E-state index >= 15 is 0 Å². The SMILES string of the molecule is CCNCc1ccccc1NC(=O)C(C)Sc1ccc(OC)cc1. The van der Waals surface area contributed by atoms with Crippen LogP contribution in [0.3, 0.4) is 0 Å². The molecule has 128 valence electrons. The van der Waals surface area contributed by atoms with E-state index in [4.69, 9.17) is 4.74 Å². The minimum atomic E-state index is -0.189. The van der Waals surface area contributed by atoms with Gasteiger partial charge in [-0.2, -0.15) is 0 Å². The highest BCUT2D eigenvalue weighted by atomic mass is 32.2. The van der Waals surface area contributed by atoms with Crippen molar-refractivity contribution in [3.05, 3.63) is 54.1 Å². The highest BCUT2D eigenvalue weighted by molar-refractivity contribution is 8.00. The molecule has 0 aliphatic rings. The van der Waals surface area contributed by atoms with Crippen molar-refractivity contribution in [2.75, 3.05) is 19.0 Å². The van der Waals surface area contributed by atoms with Gasteiger partial charge in [-0.05, 0) is 49.4 Å². The highest BCUT2D eigenvalue weighted by Crippen LogP contribution is 2.26. The Balaban J connectivity index is 1.98. The fraction of sp³-hybridized carbons (Fsp3) is 0.316.